The molecule has 0 aromatic rings. The quantitative estimate of drug-likeness (QED) is 0.443. The van der Waals surface area contributed by atoms with Crippen LogP contribution < -0.4 is 16.0 Å². The Bertz CT molecular complexity index is 1190. The number of fused-ring (bicyclic) bond motifs is 1. The molecule has 224 valence electrons. The fourth-order valence-corrected chi connectivity index (χ4v) is 7.64. The van der Waals surface area contributed by atoms with Gasteiger partial charge in [-0.1, -0.05) is 34.6 Å². The molecule has 2 spiro atoms. The van der Waals surface area contributed by atoms with Gasteiger partial charge < -0.3 is 30.5 Å². The summed E-state index contributed by atoms with van der Waals surface area (Å²) in [6.07, 6.45) is 4.77. The van der Waals surface area contributed by atoms with Crippen LogP contribution >= 0.6 is 0 Å². The molecule has 3 saturated heterocycles. The van der Waals surface area contributed by atoms with E-state index in [9.17, 15) is 24.4 Å². The molecule has 6 atom stereocenters. The van der Waals surface area contributed by atoms with Crippen LogP contribution in [0.2, 0.25) is 0 Å². The smallest absolute Gasteiger partial charge is 0.318 e. The molecule has 3 N–H and O–H groups in total. The number of likely N-dealkylation sites (tertiary alicyclic amines) is 1. The zero-order valence-electron chi connectivity index (χ0n) is 24.9. The van der Waals surface area contributed by atoms with Crippen molar-refractivity contribution in [2.24, 2.45) is 28.6 Å². The fraction of sp³-hybridized carbons (Fsp3) is 0.833. The normalized spacial score (nSPS) is 32.9. The van der Waals surface area contributed by atoms with E-state index in [-0.39, 0.29) is 64.5 Å². The molecule has 0 aromatic carbocycles. The lowest BCUT2D eigenvalue weighted by Gasteiger charge is -2.39. The Labute approximate surface area is 242 Å². The zero-order valence-corrected chi connectivity index (χ0v) is 24.9. The predicted octanol–water partition coefficient (Wildman–Crippen LogP) is 1.53. The average Bonchev–Trinajstić information content (AvgIpc) is 3.83. The lowest BCUT2D eigenvalue weighted by Crippen LogP contribution is -2.62. The Morgan fingerprint density at radius 2 is 1.88 bits per heavy atom. The van der Waals surface area contributed by atoms with Gasteiger partial charge in [0, 0.05) is 24.5 Å². The Morgan fingerprint density at radius 1 is 1.17 bits per heavy atom. The highest BCUT2D eigenvalue weighted by Gasteiger charge is 2.70. The van der Waals surface area contributed by atoms with Gasteiger partial charge in [-0.05, 0) is 61.2 Å². The number of ether oxygens (including phenoxy) is 1. The van der Waals surface area contributed by atoms with E-state index in [2.05, 4.69) is 35.9 Å². The highest BCUT2D eigenvalue weighted by Crippen LogP contribution is 2.65. The third-order valence-corrected chi connectivity index (χ3v) is 10.7. The van der Waals surface area contributed by atoms with E-state index in [4.69, 9.17) is 4.74 Å². The summed E-state index contributed by atoms with van der Waals surface area (Å²) in [6.45, 7) is 11.9. The molecule has 41 heavy (non-hydrogen) atoms. The van der Waals surface area contributed by atoms with Crippen LogP contribution in [0, 0.1) is 39.9 Å². The van der Waals surface area contributed by atoms with E-state index >= 15 is 0 Å². The maximum absolute atomic E-state index is 14.2. The summed E-state index contributed by atoms with van der Waals surface area (Å²) in [5.74, 6) is -0.837. The van der Waals surface area contributed by atoms with E-state index in [0.29, 0.717) is 32.7 Å². The number of carbonyl (C=O) groups is 4. The lowest BCUT2D eigenvalue weighted by atomic mass is 9.85. The van der Waals surface area contributed by atoms with Gasteiger partial charge in [-0.15, -0.1) is 0 Å². The molecule has 11 nitrogen and oxygen atoms in total. The number of morpholine rings is 1. The number of carbonyl (C=O) groups excluding carboxylic acids is 4. The van der Waals surface area contributed by atoms with Crippen molar-refractivity contribution in [2.75, 3.05) is 26.2 Å². The van der Waals surface area contributed by atoms with E-state index in [1.807, 2.05) is 20.8 Å². The minimum atomic E-state index is -0.826. The average molecular weight is 569 g/mol. The number of nitrogens with zero attached hydrogens (tertiary/aromatic N) is 3. The molecule has 0 radical (unpaired) electrons. The van der Waals surface area contributed by atoms with Crippen LogP contribution in [0.5, 0.6) is 0 Å². The van der Waals surface area contributed by atoms with E-state index in [1.54, 1.807) is 9.80 Å². The second kappa shape index (κ2) is 9.32. The minimum Gasteiger partial charge on any atom is -0.371 e. The Kier molecular flexibility index (Phi) is 6.42. The van der Waals surface area contributed by atoms with E-state index in [0.717, 1.165) is 25.7 Å². The molecular weight excluding hydrogens is 524 g/mol. The van der Waals surface area contributed by atoms with Crippen LogP contribution in [0.15, 0.2) is 0 Å². The summed E-state index contributed by atoms with van der Waals surface area (Å²) in [5.41, 5.74) is -1.02. The summed E-state index contributed by atoms with van der Waals surface area (Å²) < 4.78 is 5.85. The maximum atomic E-state index is 14.2. The van der Waals surface area contributed by atoms with Crippen molar-refractivity contribution in [3.8, 4) is 6.07 Å². The summed E-state index contributed by atoms with van der Waals surface area (Å²) >= 11 is 0. The SMILES string of the molecule is CC(C)(C)[C@H](NC(=O)N1CCOC2(CC2)C1)C(=O)N1C[C@H]2[C@@H]([C@H]1C(=O)N[C@H](C#N)C[C@@H]1CC3(CC3)NC1=O)C2(C)C. The van der Waals surface area contributed by atoms with Crippen LogP contribution in [0.4, 0.5) is 4.79 Å². The fourth-order valence-electron chi connectivity index (χ4n) is 7.64. The summed E-state index contributed by atoms with van der Waals surface area (Å²) in [7, 11) is 0. The maximum Gasteiger partial charge on any atom is 0.318 e. The van der Waals surface area contributed by atoms with Gasteiger partial charge in [-0.2, -0.15) is 5.26 Å². The monoisotopic (exact) mass is 568 g/mol. The molecule has 0 bridgehead atoms. The summed E-state index contributed by atoms with van der Waals surface area (Å²) in [4.78, 5) is 57.2. The van der Waals surface area contributed by atoms with E-state index in [1.165, 1.54) is 0 Å². The van der Waals surface area contributed by atoms with Crippen LogP contribution in [-0.4, -0.2) is 89.1 Å². The Morgan fingerprint density at radius 3 is 2.46 bits per heavy atom. The summed E-state index contributed by atoms with van der Waals surface area (Å²) in [6, 6.07) is -0.485. The van der Waals surface area contributed by atoms with Gasteiger partial charge in [0.2, 0.25) is 17.7 Å². The van der Waals surface area contributed by atoms with Crippen LogP contribution in [-0.2, 0) is 19.1 Å². The third-order valence-electron chi connectivity index (χ3n) is 10.7. The van der Waals surface area contributed by atoms with Gasteiger partial charge in [-0.25, -0.2) is 4.79 Å². The molecule has 11 heteroatoms. The lowest BCUT2D eigenvalue weighted by molar-refractivity contribution is -0.144. The number of rotatable bonds is 6. The third kappa shape index (κ3) is 5.06. The number of hydrogen-bond donors (Lipinski definition) is 3. The highest BCUT2D eigenvalue weighted by molar-refractivity contribution is 5.94. The van der Waals surface area contributed by atoms with Crippen molar-refractivity contribution in [3.05, 3.63) is 0 Å². The van der Waals surface area contributed by atoms with Gasteiger partial charge in [0.05, 0.1) is 24.8 Å². The first-order valence-corrected chi connectivity index (χ1v) is 15.2. The van der Waals surface area contributed by atoms with Gasteiger partial charge >= 0.3 is 6.03 Å². The van der Waals surface area contributed by atoms with Crippen molar-refractivity contribution in [2.45, 2.75) is 102 Å². The molecule has 6 rings (SSSR count). The summed E-state index contributed by atoms with van der Waals surface area (Å²) in [5, 5.41) is 18.8. The number of piperidine rings is 1. The van der Waals surface area contributed by atoms with Crippen LogP contribution in [0.25, 0.3) is 0 Å². The van der Waals surface area contributed by atoms with E-state index < -0.39 is 23.5 Å². The molecular formula is C30H44N6O5. The molecule has 6 aliphatic rings. The molecule has 3 aliphatic heterocycles. The molecule has 0 unspecified atom stereocenters. The highest BCUT2D eigenvalue weighted by atomic mass is 16.5. The number of hydrogen-bond acceptors (Lipinski definition) is 6. The first-order chi connectivity index (χ1) is 19.2. The van der Waals surface area contributed by atoms with Gasteiger partial charge in [0.25, 0.3) is 0 Å². The second-order valence-corrected chi connectivity index (χ2v) is 15.2. The van der Waals surface area contributed by atoms with Crippen molar-refractivity contribution >= 4 is 23.8 Å². The molecule has 3 saturated carbocycles. The Balaban J connectivity index is 1.16. The molecule has 0 aromatic heterocycles. The molecule has 3 aliphatic carbocycles. The second-order valence-electron chi connectivity index (χ2n) is 15.2. The van der Waals surface area contributed by atoms with Gasteiger partial charge in [0.1, 0.15) is 18.1 Å². The number of nitriles is 1. The van der Waals surface area contributed by atoms with Crippen molar-refractivity contribution < 1.29 is 23.9 Å². The zero-order chi connectivity index (χ0) is 29.5. The first-order valence-electron chi connectivity index (χ1n) is 15.2. The largest absolute Gasteiger partial charge is 0.371 e. The van der Waals surface area contributed by atoms with Crippen LogP contribution in [0.3, 0.4) is 0 Å². The Hall–Kier alpha value is -2.87. The topological polar surface area (TPSA) is 144 Å². The standard InChI is InChI=1S/C30H44N6O5/c1-27(2,3)22(33-26(40)35-10-11-41-30(16-35)8-9-30)25(39)36-15-19-20(28(19,4)5)21(36)24(38)32-18(14-31)12-17-13-29(6-7-29)34-23(17)37/h17-22H,6-13,15-16H2,1-5H3,(H,32,38)(H,33,40)(H,34,37)/t17-,18+,19+,20+,21+,22-/m1/s1. The van der Waals surface area contributed by atoms with Crippen molar-refractivity contribution in [3.63, 3.8) is 0 Å². The van der Waals surface area contributed by atoms with Gasteiger partial charge in [-0.3, -0.25) is 14.4 Å². The molecule has 3 heterocycles. The number of urea groups is 1. The molecule has 6 fully saturated rings. The van der Waals surface area contributed by atoms with Crippen molar-refractivity contribution in [1.29, 1.82) is 5.26 Å². The number of nitrogens with one attached hydrogen (secondary N) is 3. The molecule has 5 amide bonds. The van der Waals surface area contributed by atoms with Gasteiger partial charge in [0.15, 0.2) is 0 Å². The number of amides is 5. The minimum absolute atomic E-state index is 0.0272. The van der Waals surface area contributed by atoms with Crippen LogP contribution in [0.1, 0.15) is 73.1 Å². The predicted molar refractivity (Wildman–Crippen MR) is 148 cm³/mol. The first kappa shape index (κ1) is 28.3. The van der Waals surface area contributed by atoms with Crippen molar-refractivity contribution in [1.82, 2.24) is 25.8 Å².